The average molecular weight is 558 g/mol. The third-order valence-corrected chi connectivity index (χ3v) is 8.08. The zero-order valence-electron chi connectivity index (χ0n) is 23.3. The van der Waals surface area contributed by atoms with Gasteiger partial charge in [0.15, 0.2) is 17.3 Å². The number of ether oxygens (including phenoxy) is 3. The summed E-state index contributed by atoms with van der Waals surface area (Å²) in [6.45, 7) is 12.5. The van der Waals surface area contributed by atoms with Crippen LogP contribution in [0.1, 0.15) is 65.1 Å². The van der Waals surface area contributed by atoms with E-state index in [1.165, 1.54) is 11.3 Å². The Kier molecular flexibility index (Phi) is 9.99. The van der Waals surface area contributed by atoms with Gasteiger partial charge in [-0.2, -0.15) is 0 Å². The number of carbonyl (C=O) groups is 2. The lowest BCUT2D eigenvalue weighted by Gasteiger charge is -2.32. The van der Waals surface area contributed by atoms with Gasteiger partial charge in [0, 0.05) is 26.2 Å². The van der Waals surface area contributed by atoms with Crippen LogP contribution in [0.2, 0.25) is 0 Å². The first-order valence-electron chi connectivity index (χ1n) is 13.8. The van der Waals surface area contributed by atoms with E-state index in [-0.39, 0.29) is 11.4 Å². The predicted octanol–water partition coefficient (Wildman–Crippen LogP) is 4.64. The lowest BCUT2D eigenvalue weighted by molar-refractivity contribution is -0.129. The predicted molar refractivity (Wildman–Crippen MR) is 150 cm³/mol. The van der Waals surface area contributed by atoms with Crippen LogP contribution in [0.25, 0.3) is 0 Å². The van der Waals surface area contributed by atoms with E-state index >= 15 is 0 Å². The van der Waals surface area contributed by atoms with Crippen molar-refractivity contribution in [2.24, 2.45) is 0 Å². The molecule has 0 aliphatic carbocycles. The highest BCUT2D eigenvalue weighted by atomic mass is 32.1. The minimum absolute atomic E-state index is 0.0767. The number of thiazole rings is 1. The molecule has 4 rings (SSSR count). The molecule has 10 heteroatoms. The molecule has 1 atom stereocenters. The Morgan fingerprint density at radius 3 is 2.56 bits per heavy atom. The van der Waals surface area contributed by atoms with Crippen LogP contribution >= 0.6 is 11.3 Å². The van der Waals surface area contributed by atoms with Gasteiger partial charge < -0.3 is 24.2 Å². The number of hydrogen-bond donors (Lipinski definition) is 1. The third-order valence-electron chi connectivity index (χ3n) is 7.01. The van der Waals surface area contributed by atoms with E-state index in [2.05, 4.69) is 16.8 Å². The number of aryl methyl sites for hydroxylation is 2. The molecule has 0 bridgehead atoms. The van der Waals surface area contributed by atoms with Crippen LogP contribution in [0.15, 0.2) is 29.5 Å². The van der Waals surface area contributed by atoms with E-state index < -0.39 is 17.7 Å². The van der Waals surface area contributed by atoms with Gasteiger partial charge in [-0.1, -0.05) is 25.8 Å². The van der Waals surface area contributed by atoms with Crippen LogP contribution in [-0.2, 0) is 9.53 Å². The number of aliphatic hydroxyl groups is 1. The molecule has 2 aliphatic heterocycles. The summed E-state index contributed by atoms with van der Waals surface area (Å²) in [6, 6.07) is 4.75. The molecular weight excluding hydrogens is 518 g/mol. The van der Waals surface area contributed by atoms with Gasteiger partial charge in [0.05, 0.1) is 53.6 Å². The number of benzene rings is 1. The van der Waals surface area contributed by atoms with Crippen LogP contribution in [0.4, 0.5) is 0 Å². The fourth-order valence-electron chi connectivity index (χ4n) is 5.02. The number of rotatable bonds is 13. The van der Waals surface area contributed by atoms with Crippen molar-refractivity contribution >= 4 is 23.0 Å². The van der Waals surface area contributed by atoms with Gasteiger partial charge in [-0.3, -0.25) is 14.5 Å². The second-order valence-corrected chi connectivity index (χ2v) is 11.0. The fourth-order valence-corrected chi connectivity index (χ4v) is 5.89. The highest BCUT2D eigenvalue weighted by Gasteiger charge is 2.44. The first kappa shape index (κ1) is 29.0. The van der Waals surface area contributed by atoms with Crippen molar-refractivity contribution in [2.45, 2.75) is 53.0 Å². The Morgan fingerprint density at radius 1 is 1.13 bits per heavy atom. The number of ketones is 1. The smallest absolute Gasteiger partial charge is 0.290 e. The molecule has 9 nitrogen and oxygen atoms in total. The number of hydrogen-bond acceptors (Lipinski definition) is 9. The van der Waals surface area contributed by atoms with Crippen molar-refractivity contribution in [3.05, 3.63) is 50.7 Å². The standard InChI is InChI=1S/C29H39N3O6S/c1-5-7-8-15-38-22-10-9-21(18-23(22)37-6-2)25-24(26(33)28-19(3)30-20(4)39-28)27(34)29(35)32(25)12-11-31-13-16-36-17-14-31/h9-10,18,25,34H,5-8,11-17H2,1-4H3. The van der Waals surface area contributed by atoms with Gasteiger partial charge in [-0.25, -0.2) is 4.98 Å². The Morgan fingerprint density at radius 2 is 1.90 bits per heavy atom. The zero-order chi connectivity index (χ0) is 27.9. The number of carbonyl (C=O) groups excluding carboxylic acids is 2. The first-order valence-corrected chi connectivity index (χ1v) is 14.6. The van der Waals surface area contributed by atoms with E-state index in [4.69, 9.17) is 14.2 Å². The van der Waals surface area contributed by atoms with Gasteiger partial charge in [0.2, 0.25) is 5.78 Å². The summed E-state index contributed by atoms with van der Waals surface area (Å²) in [7, 11) is 0. The molecule has 1 aromatic heterocycles. The van der Waals surface area contributed by atoms with Gasteiger partial charge in [0.1, 0.15) is 0 Å². The second kappa shape index (κ2) is 13.4. The number of Topliss-reactive ketones (excluding diaryl/α,β-unsaturated/α-hetero) is 1. The van der Waals surface area contributed by atoms with Crippen LogP contribution in [0.3, 0.4) is 0 Å². The number of aliphatic hydroxyl groups excluding tert-OH is 1. The maximum atomic E-state index is 13.8. The molecule has 212 valence electrons. The van der Waals surface area contributed by atoms with Crippen molar-refractivity contribution in [2.75, 3.05) is 52.6 Å². The summed E-state index contributed by atoms with van der Waals surface area (Å²) >= 11 is 1.27. The van der Waals surface area contributed by atoms with Crippen molar-refractivity contribution < 1.29 is 28.9 Å². The number of nitrogens with zero attached hydrogens (tertiary/aromatic N) is 3. The average Bonchev–Trinajstić information content (AvgIpc) is 3.40. The lowest BCUT2D eigenvalue weighted by atomic mass is 9.94. The summed E-state index contributed by atoms with van der Waals surface area (Å²) in [4.78, 5) is 35.9. The van der Waals surface area contributed by atoms with Crippen LogP contribution in [-0.4, -0.2) is 84.2 Å². The first-order chi connectivity index (χ1) is 18.8. The summed E-state index contributed by atoms with van der Waals surface area (Å²) < 4.78 is 17.4. The molecule has 2 aliphatic rings. The SMILES string of the molecule is CCCCCOc1ccc(C2C(C(=O)c3sc(C)nc3C)=C(O)C(=O)N2CCN2CCOCC2)cc1OCC. The molecule has 0 radical (unpaired) electrons. The molecule has 0 saturated carbocycles. The minimum Gasteiger partial charge on any atom is -0.503 e. The van der Waals surface area contributed by atoms with Gasteiger partial charge in [0.25, 0.3) is 5.91 Å². The quantitative estimate of drug-likeness (QED) is 0.281. The molecule has 1 unspecified atom stereocenters. The van der Waals surface area contributed by atoms with E-state index in [1.807, 2.05) is 32.0 Å². The summed E-state index contributed by atoms with van der Waals surface area (Å²) in [6.07, 6.45) is 3.12. The van der Waals surface area contributed by atoms with Crippen LogP contribution in [0, 0.1) is 13.8 Å². The number of morpholine rings is 1. The molecule has 2 aromatic rings. The maximum Gasteiger partial charge on any atom is 0.290 e. The fraction of sp³-hybridized carbons (Fsp3) is 0.552. The van der Waals surface area contributed by atoms with Crippen molar-refractivity contribution in [1.29, 1.82) is 0 Å². The molecule has 0 spiro atoms. The zero-order valence-corrected chi connectivity index (χ0v) is 24.1. The number of unbranched alkanes of at least 4 members (excludes halogenated alkanes) is 2. The highest BCUT2D eigenvalue weighted by molar-refractivity contribution is 7.14. The molecule has 1 N–H and O–H groups in total. The van der Waals surface area contributed by atoms with E-state index in [0.29, 0.717) is 67.2 Å². The summed E-state index contributed by atoms with van der Waals surface area (Å²) in [5, 5.41) is 11.8. The van der Waals surface area contributed by atoms with Crippen molar-refractivity contribution in [1.82, 2.24) is 14.8 Å². The van der Waals surface area contributed by atoms with Gasteiger partial charge in [-0.15, -0.1) is 11.3 Å². The topological polar surface area (TPSA) is 101 Å². The van der Waals surface area contributed by atoms with E-state index in [1.54, 1.807) is 11.8 Å². The summed E-state index contributed by atoms with van der Waals surface area (Å²) in [5.41, 5.74) is 1.35. The molecule has 1 saturated heterocycles. The number of aromatic nitrogens is 1. The normalized spacial score (nSPS) is 18.2. The largest absolute Gasteiger partial charge is 0.503 e. The third kappa shape index (κ3) is 6.62. The van der Waals surface area contributed by atoms with Crippen molar-refractivity contribution in [3.8, 4) is 11.5 Å². The molecule has 39 heavy (non-hydrogen) atoms. The Balaban J connectivity index is 1.70. The van der Waals surface area contributed by atoms with Gasteiger partial charge in [-0.05, 0) is 44.9 Å². The van der Waals surface area contributed by atoms with Crippen LogP contribution < -0.4 is 9.47 Å². The number of amides is 1. The van der Waals surface area contributed by atoms with Gasteiger partial charge >= 0.3 is 0 Å². The monoisotopic (exact) mass is 557 g/mol. The highest BCUT2D eigenvalue weighted by Crippen LogP contribution is 2.42. The lowest BCUT2D eigenvalue weighted by Crippen LogP contribution is -2.43. The Hall–Kier alpha value is -2.95. The summed E-state index contributed by atoms with van der Waals surface area (Å²) in [5.74, 6) is -0.254. The van der Waals surface area contributed by atoms with E-state index in [0.717, 1.165) is 37.4 Å². The molecule has 1 fully saturated rings. The van der Waals surface area contributed by atoms with Crippen molar-refractivity contribution in [3.63, 3.8) is 0 Å². The van der Waals surface area contributed by atoms with Crippen LogP contribution in [0.5, 0.6) is 11.5 Å². The molecule has 1 aromatic carbocycles. The minimum atomic E-state index is -0.763. The Bertz CT molecular complexity index is 1200. The molecule has 1 amide bonds. The molecular formula is C29H39N3O6S. The molecule has 3 heterocycles. The Labute approximate surface area is 234 Å². The van der Waals surface area contributed by atoms with E-state index in [9.17, 15) is 14.7 Å². The maximum absolute atomic E-state index is 13.8. The second-order valence-electron chi connectivity index (χ2n) is 9.79.